The third-order valence-electron chi connectivity index (χ3n) is 4.66. The van der Waals surface area contributed by atoms with Crippen molar-refractivity contribution in [3.63, 3.8) is 0 Å². The third-order valence-corrected chi connectivity index (χ3v) is 6.65. The number of benzene rings is 2. The van der Waals surface area contributed by atoms with E-state index in [1.165, 1.54) is 27.7 Å². The highest BCUT2D eigenvalue weighted by Gasteiger charge is 2.24. The zero-order valence-electron chi connectivity index (χ0n) is 15.9. The van der Waals surface area contributed by atoms with Gasteiger partial charge in [0.15, 0.2) is 0 Å². The van der Waals surface area contributed by atoms with Crippen LogP contribution in [0.1, 0.15) is 43.0 Å². The van der Waals surface area contributed by atoms with E-state index in [-0.39, 0.29) is 43.2 Å². The van der Waals surface area contributed by atoms with Crippen molar-refractivity contribution >= 4 is 32.2 Å². The van der Waals surface area contributed by atoms with Gasteiger partial charge in [0.2, 0.25) is 0 Å². The number of hydrogen-bond donors (Lipinski definition) is 2. The predicted molar refractivity (Wildman–Crippen MR) is 101 cm³/mol. The Balaban J connectivity index is 2.39. The fourth-order valence-corrected chi connectivity index (χ4v) is 4.35. The summed E-state index contributed by atoms with van der Waals surface area (Å²) in [5.41, 5.74) is 0.498. The summed E-state index contributed by atoms with van der Waals surface area (Å²) in [5, 5.41) is 0. The van der Waals surface area contributed by atoms with E-state index in [0.717, 1.165) is 24.3 Å². The van der Waals surface area contributed by atoms with Crippen molar-refractivity contribution in [2.45, 2.75) is 37.5 Å². The van der Waals surface area contributed by atoms with Crippen LogP contribution in [0, 0.1) is 27.7 Å². The molecule has 2 aromatic rings. The monoisotopic (exact) mass is 442 g/mol. The number of rotatable bonds is 4. The van der Waals surface area contributed by atoms with Crippen molar-refractivity contribution in [3.8, 4) is 0 Å². The summed E-state index contributed by atoms with van der Waals surface area (Å²) in [5.74, 6) is -2.10. The predicted octanol–water partition coefficient (Wildman–Crippen LogP) is 2.41. The van der Waals surface area contributed by atoms with Crippen molar-refractivity contribution in [2.24, 2.45) is 0 Å². The maximum atomic E-state index is 12.4. The molecule has 0 spiro atoms. The quantitative estimate of drug-likeness (QED) is 0.413. The Morgan fingerprint density at radius 2 is 0.966 bits per heavy atom. The molecule has 0 aliphatic rings. The van der Waals surface area contributed by atoms with Gasteiger partial charge < -0.3 is 4.74 Å². The van der Waals surface area contributed by atoms with Crippen LogP contribution in [0.5, 0.6) is 0 Å². The highest BCUT2D eigenvalue weighted by atomic mass is 32.2. The van der Waals surface area contributed by atoms with Crippen molar-refractivity contribution in [1.82, 2.24) is 0 Å². The molecule has 0 unspecified atom stereocenters. The Hall–Kier alpha value is -2.60. The zero-order chi connectivity index (χ0) is 22.3. The summed E-state index contributed by atoms with van der Waals surface area (Å²) in [7, 11) is -8.96. The molecule has 2 N–H and O–H groups in total. The van der Waals surface area contributed by atoms with Gasteiger partial charge in [-0.3, -0.25) is 9.11 Å². The smallest absolute Gasteiger partial charge is 0.346 e. The molecule has 0 saturated heterocycles. The molecule has 0 amide bonds. The van der Waals surface area contributed by atoms with Gasteiger partial charge >= 0.3 is 11.9 Å². The molecule has 0 aliphatic heterocycles. The third kappa shape index (κ3) is 4.53. The molecule has 2 aromatic carbocycles. The summed E-state index contributed by atoms with van der Waals surface area (Å²) in [6.07, 6.45) is 0. The fourth-order valence-electron chi connectivity index (χ4n) is 2.79. The molecular formula is C18H18O9S2. The largest absolute Gasteiger partial charge is 0.386 e. The minimum atomic E-state index is -4.48. The van der Waals surface area contributed by atoms with E-state index in [9.17, 15) is 35.5 Å². The lowest BCUT2D eigenvalue weighted by Gasteiger charge is -2.13. The number of carbonyl (C=O) groups excluding carboxylic acids is 2. The standard InChI is InChI=1S/C18H18O9S2/c1-9-11(3)15(28(21,22)23)7-5-13(9)17(19)27-18(20)14-6-8-16(29(24,25)26)12(4)10(14)2/h5-8H,1-4H3,(H,21,22,23)(H,24,25,26). The van der Waals surface area contributed by atoms with Gasteiger partial charge in [-0.15, -0.1) is 0 Å². The van der Waals surface area contributed by atoms with Gasteiger partial charge in [-0.05, 0) is 74.2 Å². The normalized spacial score (nSPS) is 11.9. The second-order valence-electron chi connectivity index (χ2n) is 6.35. The maximum absolute atomic E-state index is 12.4. The van der Waals surface area contributed by atoms with Gasteiger partial charge in [-0.1, -0.05) is 0 Å². The first-order chi connectivity index (χ1) is 13.2. The Bertz CT molecular complexity index is 1140. The molecule has 0 aliphatic carbocycles. The Morgan fingerprint density at radius 1 is 0.655 bits per heavy atom. The Labute approximate surface area is 167 Å². The molecule has 0 saturated carbocycles. The van der Waals surface area contributed by atoms with Crippen LogP contribution in [0.2, 0.25) is 0 Å². The topological polar surface area (TPSA) is 152 Å². The lowest BCUT2D eigenvalue weighted by Crippen LogP contribution is -2.17. The highest BCUT2D eigenvalue weighted by molar-refractivity contribution is 7.86. The molecule has 9 nitrogen and oxygen atoms in total. The van der Waals surface area contributed by atoms with Gasteiger partial charge in [0.1, 0.15) is 0 Å². The number of ether oxygens (including phenoxy) is 1. The summed E-state index contributed by atoms with van der Waals surface area (Å²) in [4.78, 5) is 24.0. The summed E-state index contributed by atoms with van der Waals surface area (Å²) < 4.78 is 68.6. The minimum absolute atomic E-state index is 0.0767. The van der Waals surface area contributed by atoms with E-state index in [1.54, 1.807) is 0 Å². The van der Waals surface area contributed by atoms with Crippen molar-refractivity contribution in [1.29, 1.82) is 0 Å². The van der Waals surface area contributed by atoms with Gasteiger partial charge in [-0.25, -0.2) is 9.59 Å². The second-order valence-corrected chi connectivity index (χ2v) is 9.13. The van der Waals surface area contributed by atoms with Crippen LogP contribution in [-0.2, 0) is 25.0 Å². The molecule has 0 radical (unpaired) electrons. The van der Waals surface area contributed by atoms with Gasteiger partial charge in [-0.2, -0.15) is 16.8 Å². The van der Waals surface area contributed by atoms with E-state index in [2.05, 4.69) is 0 Å². The van der Waals surface area contributed by atoms with Gasteiger partial charge in [0.25, 0.3) is 20.2 Å². The summed E-state index contributed by atoms with van der Waals surface area (Å²) in [6, 6.07) is 4.27. The average Bonchev–Trinajstić information content (AvgIpc) is 2.56. The number of esters is 2. The van der Waals surface area contributed by atoms with Crippen molar-refractivity contribution < 1.29 is 40.3 Å². The number of hydrogen-bond acceptors (Lipinski definition) is 7. The van der Waals surface area contributed by atoms with Crippen LogP contribution in [-0.4, -0.2) is 37.9 Å². The van der Waals surface area contributed by atoms with Crippen LogP contribution in [0.4, 0.5) is 0 Å². The summed E-state index contributed by atoms with van der Waals surface area (Å²) in [6.45, 7) is 5.64. The fraction of sp³-hybridized carbons (Fsp3) is 0.222. The molecule has 29 heavy (non-hydrogen) atoms. The van der Waals surface area contributed by atoms with Crippen LogP contribution in [0.3, 0.4) is 0 Å². The van der Waals surface area contributed by atoms with Crippen LogP contribution < -0.4 is 0 Å². The first-order valence-corrected chi connectivity index (χ1v) is 11.0. The lowest BCUT2D eigenvalue weighted by molar-refractivity contribution is 0.0396. The minimum Gasteiger partial charge on any atom is -0.386 e. The second kappa shape index (κ2) is 7.67. The van der Waals surface area contributed by atoms with Crippen molar-refractivity contribution in [2.75, 3.05) is 0 Å². The first kappa shape index (κ1) is 22.7. The Morgan fingerprint density at radius 3 is 1.24 bits per heavy atom. The van der Waals surface area contributed by atoms with E-state index in [1.807, 2.05) is 0 Å². The van der Waals surface area contributed by atoms with E-state index in [0.29, 0.717) is 0 Å². The van der Waals surface area contributed by atoms with E-state index < -0.39 is 32.2 Å². The lowest BCUT2D eigenvalue weighted by atomic mass is 10.0. The van der Waals surface area contributed by atoms with Crippen LogP contribution in [0.25, 0.3) is 0 Å². The summed E-state index contributed by atoms with van der Waals surface area (Å²) >= 11 is 0. The first-order valence-electron chi connectivity index (χ1n) is 8.08. The molecule has 156 valence electrons. The maximum Gasteiger partial charge on any atom is 0.346 e. The molecule has 0 aromatic heterocycles. The molecule has 0 fully saturated rings. The van der Waals surface area contributed by atoms with E-state index in [4.69, 9.17) is 4.74 Å². The van der Waals surface area contributed by atoms with Gasteiger partial charge in [0.05, 0.1) is 20.9 Å². The molecular weight excluding hydrogens is 424 g/mol. The highest BCUT2D eigenvalue weighted by Crippen LogP contribution is 2.25. The molecule has 11 heteroatoms. The Kier molecular flexibility index (Phi) is 6.00. The van der Waals surface area contributed by atoms with Gasteiger partial charge in [0, 0.05) is 0 Å². The SMILES string of the molecule is Cc1c(C(=O)OC(=O)c2ccc(S(=O)(=O)O)c(C)c2C)ccc(S(=O)(=O)O)c1C. The molecule has 0 heterocycles. The van der Waals surface area contributed by atoms with Crippen LogP contribution in [0.15, 0.2) is 34.1 Å². The number of carbonyl (C=O) groups is 2. The average molecular weight is 442 g/mol. The molecule has 0 atom stereocenters. The molecule has 2 rings (SSSR count). The van der Waals surface area contributed by atoms with Crippen LogP contribution >= 0.6 is 0 Å². The van der Waals surface area contributed by atoms with Crippen molar-refractivity contribution in [3.05, 3.63) is 57.6 Å². The zero-order valence-corrected chi connectivity index (χ0v) is 17.5. The van der Waals surface area contributed by atoms with E-state index >= 15 is 0 Å². The molecule has 0 bridgehead atoms.